The van der Waals surface area contributed by atoms with Crippen LogP contribution in [0.1, 0.15) is 49.9 Å². The number of nitrogens with zero attached hydrogens (tertiary/aromatic N) is 2. The molecule has 0 aromatic heterocycles. The van der Waals surface area contributed by atoms with Gasteiger partial charge in [-0.2, -0.15) is 0 Å². The number of amides is 4. The Kier molecular flexibility index (Phi) is 4.33. The molecule has 0 bridgehead atoms. The summed E-state index contributed by atoms with van der Waals surface area (Å²) in [6.45, 7) is 12.4. The van der Waals surface area contributed by atoms with Crippen LogP contribution >= 0.6 is 0 Å². The van der Waals surface area contributed by atoms with Crippen molar-refractivity contribution in [1.29, 1.82) is 0 Å². The van der Waals surface area contributed by atoms with E-state index < -0.39 is 17.8 Å². The van der Waals surface area contributed by atoms with E-state index in [0.29, 0.717) is 0 Å². The lowest BCUT2D eigenvalue weighted by Gasteiger charge is -2.23. The maximum atomic E-state index is 12.2. The molecule has 1 fully saturated rings. The van der Waals surface area contributed by atoms with Crippen LogP contribution in [0.25, 0.3) is 0 Å². The second kappa shape index (κ2) is 5.80. The molecule has 1 heterocycles. The lowest BCUT2D eigenvalue weighted by molar-refractivity contribution is -0.143. The smallest absolute Gasteiger partial charge is 0.263 e. The van der Waals surface area contributed by atoms with Crippen LogP contribution in [0, 0.1) is 13.8 Å². The number of benzene rings is 1. The number of rotatable bonds is 3. The molecular formula is C18H24N2O3. The fraction of sp³-hybridized carbons (Fsp3) is 0.500. The normalized spacial score (nSPS) is 15.8. The van der Waals surface area contributed by atoms with Crippen LogP contribution in [0.3, 0.4) is 0 Å². The van der Waals surface area contributed by atoms with Gasteiger partial charge in [0, 0.05) is 6.54 Å². The van der Waals surface area contributed by atoms with Crippen molar-refractivity contribution in [2.75, 3.05) is 6.54 Å². The van der Waals surface area contributed by atoms with Gasteiger partial charge in [-0.25, -0.2) is 4.79 Å². The molecule has 1 aliphatic rings. The summed E-state index contributed by atoms with van der Waals surface area (Å²) in [5, 5.41) is 0. The molecule has 1 saturated heterocycles. The van der Waals surface area contributed by atoms with Crippen LogP contribution in [0.15, 0.2) is 12.1 Å². The minimum atomic E-state index is -0.740. The molecule has 0 saturated carbocycles. The average Bonchev–Trinajstić information content (AvgIpc) is 2.64. The van der Waals surface area contributed by atoms with Crippen LogP contribution in [0.5, 0.6) is 0 Å². The Morgan fingerprint density at radius 2 is 1.39 bits per heavy atom. The molecule has 124 valence electrons. The third-order valence-electron chi connectivity index (χ3n) is 4.33. The minimum Gasteiger partial charge on any atom is -0.263 e. The van der Waals surface area contributed by atoms with E-state index in [9.17, 15) is 14.4 Å². The van der Waals surface area contributed by atoms with Crippen molar-refractivity contribution in [3.05, 3.63) is 34.4 Å². The zero-order chi connectivity index (χ0) is 17.5. The van der Waals surface area contributed by atoms with E-state index in [1.165, 1.54) is 5.56 Å². The minimum absolute atomic E-state index is 0.0301. The van der Waals surface area contributed by atoms with Crippen LogP contribution in [0.2, 0.25) is 0 Å². The summed E-state index contributed by atoms with van der Waals surface area (Å²) >= 11 is 0. The summed E-state index contributed by atoms with van der Waals surface area (Å²) in [6, 6.07) is 3.65. The molecule has 1 aromatic carbocycles. The first-order valence-corrected chi connectivity index (χ1v) is 7.85. The number of carbonyl (C=O) groups is 3. The van der Waals surface area contributed by atoms with Crippen molar-refractivity contribution in [2.24, 2.45) is 0 Å². The van der Waals surface area contributed by atoms with E-state index in [0.717, 1.165) is 26.5 Å². The molecule has 0 atom stereocenters. The maximum absolute atomic E-state index is 12.2. The number of hydrogen-bond donors (Lipinski definition) is 0. The first-order valence-electron chi connectivity index (χ1n) is 7.85. The number of carbonyl (C=O) groups excluding carboxylic acids is 3. The molecule has 1 aromatic rings. The predicted octanol–water partition coefficient (Wildman–Crippen LogP) is 2.91. The van der Waals surface area contributed by atoms with Crippen molar-refractivity contribution < 1.29 is 14.4 Å². The van der Waals surface area contributed by atoms with Crippen molar-refractivity contribution in [3.63, 3.8) is 0 Å². The van der Waals surface area contributed by atoms with Gasteiger partial charge in [-0.1, -0.05) is 32.9 Å². The van der Waals surface area contributed by atoms with Gasteiger partial charge in [-0.05, 0) is 48.4 Å². The van der Waals surface area contributed by atoms with Gasteiger partial charge in [0.05, 0.1) is 6.54 Å². The quantitative estimate of drug-likeness (QED) is 0.636. The third-order valence-corrected chi connectivity index (χ3v) is 4.33. The Hall–Kier alpha value is -2.17. The highest BCUT2D eigenvalue weighted by Crippen LogP contribution is 2.28. The highest BCUT2D eigenvalue weighted by molar-refractivity contribution is 6.44. The monoisotopic (exact) mass is 316 g/mol. The summed E-state index contributed by atoms with van der Waals surface area (Å²) in [4.78, 5) is 38.1. The average molecular weight is 316 g/mol. The first kappa shape index (κ1) is 17.2. The van der Waals surface area contributed by atoms with Crippen LogP contribution < -0.4 is 0 Å². The summed E-state index contributed by atoms with van der Waals surface area (Å²) < 4.78 is 0. The van der Waals surface area contributed by atoms with Gasteiger partial charge in [0.2, 0.25) is 0 Å². The van der Waals surface area contributed by atoms with Crippen LogP contribution in [-0.4, -0.2) is 34.2 Å². The Balaban J connectivity index is 2.36. The van der Waals surface area contributed by atoms with Gasteiger partial charge in [0.15, 0.2) is 0 Å². The van der Waals surface area contributed by atoms with Crippen molar-refractivity contribution in [2.45, 2.75) is 53.5 Å². The molecular weight excluding hydrogens is 292 g/mol. The zero-order valence-corrected chi connectivity index (χ0v) is 14.7. The van der Waals surface area contributed by atoms with Crippen molar-refractivity contribution in [3.8, 4) is 0 Å². The molecule has 0 N–H and O–H groups in total. The van der Waals surface area contributed by atoms with Gasteiger partial charge in [0.25, 0.3) is 0 Å². The predicted molar refractivity (Wildman–Crippen MR) is 87.9 cm³/mol. The van der Waals surface area contributed by atoms with E-state index in [1.807, 2.05) is 13.8 Å². The molecule has 0 spiro atoms. The van der Waals surface area contributed by atoms with E-state index in [1.54, 1.807) is 6.92 Å². The fourth-order valence-electron chi connectivity index (χ4n) is 2.80. The molecule has 4 amide bonds. The van der Waals surface area contributed by atoms with Gasteiger partial charge in [-0.15, -0.1) is 0 Å². The summed E-state index contributed by atoms with van der Waals surface area (Å²) in [7, 11) is 0. The number of likely N-dealkylation sites (N-methyl/N-ethyl adjacent to an activating group) is 1. The number of urea groups is 1. The third kappa shape index (κ3) is 3.00. The molecule has 1 aliphatic heterocycles. The second-order valence-electron chi connectivity index (χ2n) is 7.06. The zero-order valence-electron chi connectivity index (χ0n) is 14.7. The molecule has 0 radical (unpaired) electrons. The molecule has 0 unspecified atom stereocenters. The van der Waals surface area contributed by atoms with E-state index in [2.05, 4.69) is 32.9 Å². The lowest BCUT2D eigenvalue weighted by atomic mass is 9.84. The van der Waals surface area contributed by atoms with E-state index in [-0.39, 0.29) is 18.5 Å². The Labute approximate surface area is 137 Å². The summed E-state index contributed by atoms with van der Waals surface area (Å²) in [5.74, 6) is -1.48. The fourth-order valence-corrected chi connectivity index (χ4v) is 2.80. The lowest BCUT2D eigenvalue weighted by Crippen LogP contribution is -2.33. The van der Waals surface area contributed by atoms with Crippen molar-refractivity contribution in [1.82, 2.24) is 9.80 Å². The molecule has 0 aliphatic carbocycles. The molecule has 5 nitrogen and oxygen atoms in total. The van der Waals surface area contributed by atoms with Gasteiger partial charge < -0.3 is 0 Å². The first-order chi connectivity index (χ1) is 10.6. The number of hydrogen-bond acceptors (Lipinski definition) is 3. The summed E-state index contributed by atoms with van der Waals surface area (Å²) in [6.07, 6.45) is 0. The number of aryl methyl sites for hydroxylation is 2. The second-order valence-corrected chi connectivity index (χ2v) is 7.06. The largest absolute Gasteiger partial charge is 0.334 e. The molecule has 2 rings (SSSR count). The van der Waals surface area contributed by atoms with Gasteiger partial charge in [-0.3, -0.25) is 19.4 Å². The Bertz CT molecular complexity index is 663. The van der Waals surface area contributed by atoms with E-state index in [4.69, 9.17) is 0 Å². The van der Waals surface area contributed by atoms with Crippen LogP contribution in [-0.2, 0) is 21.5 Å². The summed E-state index contributed by atoms with van der Waals surface area (Å²) in [5.41, 5.74) is 4.21. The number of imide groups is 2. The van der Waals surface area contributed by atoms with Gasteiger partial charge >= 0.3 is 17.8 Å². The molecule has 5 heteroatoms. The Morgan fingerprint density at radius 1 is 0.913 bits per heavy atom. The SMILES string of the molecule is CCN1C(=O)C(=O)N(Cc2c(C)cc(C(C)(C)C)cc2C)C1=O. The Morgan fingerprint density at radius 3 is 1.78 bits per heavy atom. The van der Waals surface area contributed by atoms with E-state index >= 15 is 0 Å². The van der Waals surface area contributed by atoms with Crippen molar-refractivity contribution >= 4 is 17.8 Å². The highest BCUT2D eigenvalue weighted by Gasteiger charge is 2.43. The maximum Gasteiger partial charge on any atom is 0.334 e. The van der Waals surface area contributed by atoms with Crippen LogP contribution in [0.4, 0.5) is 4.79 Å². The van der Waals surface area contributed by atoms with Gasteiger partial charge in [0.1, 0.15) is 0 Å². The molecule has 23 heavy (non-hydrogen) atoms. The highest BCUT2D eigenvalue weighted by atomic mass is 16.2. The standard InChI is InChI=1S/C18H24N2O3/c1-7-19-15(21)16(22)20(17(19)23)10-14-11(2)8-13(9-12(14)3)18(4,5)6/h8-9H,7,10H2,1-6H3. The topological polar surface area (TPSA) is 57.7 Å².